The summed E-state index contributed by atoms with van der Waals surface area (Å²) >= 11 is -2.06. The molecule has 6 bridgehead atoms. The standard InChI is InChI=1S/C32H16N8.4C10H12O.Pb/c1-2-10-18-17(9-1)25-33-26(18)38-28-21-13-5-6-14-22(21)30(35-28)40-32-24-16-8-7-15-23(24)31(36-32)39-29-20-12-4-3-11-19(20)27(34-29)37-25;4*1-3-6-9-7-4-5-8-10(9)11-2;/h1-16H;4*3-5,7-8H,1,6H2,2H3;/q-2;;;;;+2. The van der Waals surface area contributed by atoms with Gasteiger partial charge in [0.2, 0.25) is 0 Å². The second kappa shape index (κ2) is 28.0. The first-order valence-electron chi connectivity index (χ1n) is 27.8. The number of nitrogens with zero attached hydrogens (tertiary/aromatic N) is 8. The Balaban J connectivity index is 0.000000148. The molecular formula is C72H64N8O4Pb. The fraction of sp³-hybridized carbons (Fsp3) is 0.111. The number of aromatic nitrogens is 2. The molecule has 0 saturated heterocycles. The normalized spacial score (nSPS) is 12.3. The number of aliphatic imine (C=N–C) groups is 4. The summed E-state index contributed by atoms with van der Waals surface area (Å²) in [5, 5.41) is 4.21. The molecule has 13 heteroatoms. The zero-order chi connectivity index (χ0) is 59.1. The van der Waals surface area contributed by atoms with Crippen LogP contribution in [0.2, 0.25) is 0 Å². The zero-order valence-electron chi connectivity index (χ0n) is 48.2. The van der Waals surface area contributed by atoms with E-state index in [1.165, 1.54) is 22.3 Å². The molecule has 6 heterocycles. The predicted octanol–water partition coefficient (Wildman–Crippen LogP) is 14.2. The Labute approximate surface area is 509 Å². The average molecular weight is 1310 g/mol. The number of rotatable bonds is 12. The molecule has 0 atom stereocenters. The molecule has 0 saturated carbocycles. The first kappa shape index (κ1) is 58.4. The van der Waals surface area contributed by atoms with Crippen LogP contribution in [-0.4, -0.2) is 81.4 Å². The summed E-state index contributed by atoms with van der Waals surface area (Å²) in [5.74, 6) is 8.23. The van der Waals surface area contributed by atoms with E-state index in [9.17, 15) is 0 Å². The second-order valence-electron chi connectivity index (χ2n) is 19.4. The van der Waals surface area contributed by atoms with E-state index < -0.39 is 24.8 Å². The van der Waals surface area contributed by atoms with Gasteiger partial charge in [-0.3, -0.25) is 0 Å². The monoisotopic (exact) mass is 1310 g/mol. The Hall–Kier alpha value is -9.80. The molecule has 8 aromatic carbocycles. The van der Waals surface area contributed by atoms with Gasteiger partial charge in [0.05, 0.1) is 28.4 Å². The molecule has 85 heavy (non-hydrogen) atoms. The van der Waals surface area contributed by atoms with E-state index in [-0.39, 0.29) is 0 Å². The van der Waals surface area contributed by atoms with E-state index in [0.29, 0.717) is 23.3 Å². The maximum absolute atomic E-state index is 5.27. The Morgan fingerprint density at radius 2 is 0.576 bits per heavy atom. The number of methoxy groups -OCH3 is 4. The summed E-state index contributed by atoms with van der Waals surface area (Å²) in [4.78, 5) is 31.1. The van der Waals surface area contributed by atoms with Gasteiger partial charge in [-0.2, -0.15) is 0 Å². The number of benzene rings is 8. The van der Waals surface area contributed by atoms with Gasteiger partial charge in [-0.25, -0.2) is 0 Å². The van der Waals surface area contributed by atoms with Crippen LogP contribution in [-0.2, 0) is 25.7 Å². The van der Waals surface area contributed by atoms with E-state index >= 15 is 0 Å². The van der Waals surface area contributed by atoms with Crippen LogP contribution in [0.1, 0.15) is 44.5 Å². The van der Waals surface area contributed by atoms with Gasteiger partial charge in [-0.05, 0) is 72.2 Å². The molecule has 12 nitrogen and oxygen atoms in total. The van der Waals surface area contributed by atoms with Crippen LogP contribution in [0.3, 0.4) is 0 Å². The van der Waals surface area contributed by atoms with Gasteiger partial charge < -0.3 is 18.9 Å². The van der Waals surface area contributed by atoms with Gasteiger partial charge in [-0.1, -0.05) is 97.1 Å². The van der Waals surface area contributed by atoms with Crippen LogP contribution in [0.25, 0.3) is 21.5 Å². The SMILES string of the molecule is C=CCc1ccccc1OC.C=CCc1ccccc1OC.C=CCc1ccccc1OC.C=CCc1ccccc1OC.c1ccc2c(c1)C1=NC2=Nc2c3ccccc3c3[n]2[Pb][n]2c(c4ccccc4c2=NC2=NC(=N3)c3ccccc32)=N1. The Kier molecular flexibility index (Phi) is 19.2. The molecule has 0 fully saturated rings. The van der Waals surface area contributed by atoms with Gasteiger partial charge >= 0.3 is 246 Å². The van der Waals surface area contributed by atoms with E-state index in [2.05, 4.69) is 104 Å². The minimum absolute atomic E-state index is 0.680. The molecule has 10 aromatic rings. The van der Waals surface area contributed by atoms with E-state index in [0.717, 1.165) is 115 Å². The van der Waals surface area contributed by atoms with Crippen molar-refractivity contribution in [2.45, 2.75) is 25.7 Å². The van der Waals surface area contributed by atoms with Crippen molar-refractivity contribution in [3.63, 3.8) is 0 Å². The number of hydrogen-bond acceptors (Lipinski definition) is 10. The van der Waals surface area contributed by atoms with Crippen molar-refractivity contribution in [3.8, 4) is 23.0 Å². The molecule has 4 aliphatic heterocycles. The van der Waals surface area contributed by atoms with E-state index in [1.54, 1.807) is 28.4 Å². The molecule has 2 aromatic heterocycles. The van der Waals surface area contributed by atoms with Crippen LogP contribution in [0.15, 0.2) is 275 Å². The molecule has 4 aliphatic rings. The van der Waals surface area contributed by atoms with E-state index in [1.807, 2.05) is 146 Å². The quantitative estimate of drug-likeness (QED) is 0.0893. The fourth-order valence-electron chi connectivity index (χ4n) is 10.2. The van der Waals surface area contributed by atoms with Crippen LogP contribution in [0.4, 0.5) is 11.6 Å². The van der Waals surface area contributed by atoms with E-state index in [4.69, 9.17) is 48.9 Å². The minimum atomic E-state index is -2.06. The third kappa shape index (κ3) is 12.7. The summed E-state index contributed by atoms with van der Waals surface area (Å²) in [5.41, 5.74) is 10.5. The fourth-order valence-corrected chi connectivity index (χ4v) is 15.1. The van der Waals surface area contributed by atoms with Gasteiger partial charge in [-0.15, -0.1) is 26.3 Å². The Bertz CT molecular complexity index is 4020. The predicted molar refractivity (Wildman–Crippen MR) is 349 cm³/mol. The Morgan fingerprint density at radius 3 is 0.871 bits per heavy atom. The average Bonchev–Trinajstić information content (AvgIpc) is 3.47. The number of amidine groups is 4. The molecule has 0 N–H and O–H groups in total. The van der Waals surface area contributed by atoms with Crippen LogP contribution in [0, 0.1) is 0 Å². The zero-order valence-corrected chi connectivity index (χ0v) is 52.0. The Morgan fingerprint density at radius 1 is 0.318 bits per heavy atom. The number of hydrogen-bond donors (Lipinski definition) is 0. The summed E-state index contributed by atoms with van der Waals surface area (Å²) in [6.07, 6.45) is 11.0. The van der Waals surface area contributed by atoms with Gasteiger partial charge in [0, 0.05) is 0 Å². The molecule has 0 spiro atoms. The molecule has 0 amide bonds. The van der Waals surface area contributed by atoms with Crippen LogP contribution >= 0.6 is 0 Å². The van der Waals surface area contributed by atoms with Crippen molar-refractivity contribution in [3.05, 3.63) is 300 Å². The second-order valence-corrected chi connectivity index (χ2v) is 23.7. The molecule has 14 rings (SSSR count). The van der Waals surface area contributed by atoms with Crippen molar-refractivity contribution < 1.29 is 18.9 Å². The van der Waals surface area contributed by atoms with Gasteiger partial charge in [0.15, 0.2) is 0 Å². The summed E-state index contributed by atoms with van der Waals surface area (Å²) in [6, 6.07) is 65.1. The summed E-state index contributed by atoms with van der Waals surface area (Å²) in [7, 11) is 6.73. The van der Waals surface area contributed by atoms with Crippen LogP contribution in [0.5, 0.6) is 23.0 Å². The number of para-hydroxylation sites is 4. The molecule has 2 radical (unpaired) electrons. The van der Waals surface area contributed by atoms with Crippen molar-refractivity contribution in [1.82, 2.24) is 4.75 Å². The van der Waals surface area contributed by atoms with Gasteiger partial charge in [0.25, 0.3) is 0 Å². The van der Waals surface area contributed by atoms with Crippen LogP contribution < -0.4 is 29.9 Å². The molecule has 420 valence electrons. The van der Waals surface area contributed by atoms with Crippen molar-refractivity contribution in [2.75, 3.05) is 28.4 Å². The van der Waals surface area contributed by atoms with Gasteiger partial charge in [0.1, 0.15) is 23.0 Å². The number of fused-ring (bicyclic) bond motifs is 14. The third-order valence-corrected chi connectivity index (χ3v) is 19.0. The first-order chi connectivity index (χ1) is 41.8. The summed E-state index contributed by atoms with van der Waals surface area (Å²) < 4.78 is 25.3. The third-order valence-electron chi connectivity index (χ3n) is 14.2. The molecular weight excluding hydrogens is 1250 g/mol. The van der Waals surface area contributed by atoms with Crippen molar-refractivity contribution in [1.29, 1.82) is 0 Å². The number of ether oxygens (including phenoxy) is 4. The molecule has 0 unspecified atom stereocenters. The summed E-state index contributed by atoms with van der Waals surface area (Å²) in [6.45, 7) is 14.7. The van der Waals surface area contributed by atoms with Crippen molar-refractivity contribution >= 4 is 81.4 Å². The first-order valence-corrected chi connectivity index (χ1v) is 31.3. The maximum atomic E-state index is 5.27. The topological polar surface area (TPSA) is 121 Å². The van der Waals surface area contributed by atoms with Crippen molar-refractivity contribution in [2.24, 2.45) is 30.0 Å². The molecule has 0 aliphatic carbocycles. The number of allylic oxidation sites excluding steroid dienone is 4.